The van der Waals surface area contributed by atoms with Crippen LogP contribution in [0, 0.1) is 5.92 Å². The lowest BCUT2D eigenvalue weighted by molar-refractivity contribution is -0.256. The number of benzene rings is 1. The summed E-state index contributed by atoms with van der Waals surface area (Å²) in [5, 5.41) is 14.1. The molecule has 2 spiro atoms. The molecular weight excluding hydrogens is 294 g/mol. The smallest absolute Gasteiger partial charge is 0.206 e. The molecule has 1 aromatic rings. The summed E-state index contributed by atoms with van der Waals surface area (Å²) in [7, 11) is 0. The zero-order chi connectivity index (χ0) is 15.2. The Morgan fingerprint density at radius 2 is 2.04 bits per heavy atom. The van der Waals surface area contributed by atoms with Gasteiger partial charge in [0, 0.05) is 23.4 Å². The van der Waals surface area contributed by atoms with Crippen molar-refractivity contribution in [3.8, 4) is 11.5 Å². The van der Waals surface area contributed by atoms with Crippen molar-refractivity contribution in [2.45, 2.75) is 49.0 Å². The summed E-state index contributed by atoms with van der Waals surface area (Å²) in [6.07, 6.45) is 3.89. The molecule has 5 aliphatic rings. The molecule has 0 aromatic heterocycles. The van der Waals surface area contributed by atoms with E-state index in [4.69, 9.17) is 14.2 Å². The molecule has 3 aliphatic heterocycles. The molecule has 3 fully saturated rings. The number of phenols is 1. The number of piperidine rings is 1. The minimum atomic E-state index is -0.627. The van der Waals surface area contributed by atoms with Gasteiger partial charge < -0.3 is 24.6 Å². The number of nitrogens with one attached hydrogen (secondary N) is 1. The zero-order valence-electron chi connectivity index (χ0n) is 13.0. The normalized spacial score (nSPS) is 41.7. The number of hydrogen-bond donors (Lipinski definition) is 2. The molecule has 5 nitrogen and oxygen atoms in total. The molecule has 0 amide bonds. The van der Waals surface area contributed by atoms with Crippen LogP contribution >= 0.6 is 0 Å². The third-order valence-corrected chi connectivity index (χ3v) is 6.90. The van der Waals surface area contributed by atoms with Crippen molar-refractivity contribution in [2.75, 3.05) is 19.8 Å². The molecule has 2 saturated heterocycles. The molecule has 2 N–H and O–H groups in total. The highest BCUT2D eigenvalue weighted by atomic mass is 16.8. The van der Waals surface area contributed by atoms with Crippen molar-refractivity contribution < 1.29 is 19.3 Å². The lowest BCUT2D eigenvalue weighted by Crippen LogP contribution is -2.69. The van der Waals surface area contributed by atoms with Crippen molar-refractivity contribution in [1.29, 1.82) is 0 Å². The van der Waals surface area contributed by atoms with Gasteiger partial charge >= 0.3 is 0 Å². The predicted octanol–water partition coefficient (Wildman–Crippen LogP) is 1.46. The molecule has 1 aromatic carbocycles. The molecule has 1 saturated carbocycles. The Morgan fingerprint density at radius 1 is 1.17 bits per heavy atom. The topological polar surface area (TPSA) is 60.0 Å². The van der Waals surface area contributed by atoms with Crippen LogP contribution in [-0.2, 0) is 21.3 Å². The summed E-state index contributed by atoms with van der Waals surface area (Å²) in [4.78, 5) is 0. The first kappa shape index (κ1) is 13.0. The molecule has 5 heteroatoms. The van der Waals surface area contributed by atoms with Gasteiger partial charge in [-0.25, -0.2) is 0 Å². The SMILES string of the molecule is Oc1ccc2c3c1O[C@H]1C4(CC[C@H]5[C@H](C2)NCC[C@@]351)OCCO4. The van der Waals surface area contributed by atoms with Crippen LogP contribution in [0.1, 0.15) is 30.4 Å². The number of phenolic OH excluding ortho intramolecular Hbond substituents is 1. The highest BCUT2D eigenvalue weighted by Gasteiger charge is 2.70. The van der Waals surface area contributed by atoms with Crippen molar-refractivity contribution >= 4 is 0 Å². The highest BCUT2D eigenvalue weighted by Crippen LogP contribution is 2.65. The van der Waals surface area contributed by atoms with E-state index < -0.39 is 5.79 Å². The minimum absolute atomic E-state index is 0.0693. The molecule has 2 aliphatic carbocycles. The predicted molar refractivity (Wildman–Crippen MR) is 81.7 cm³/mol. The van der Waals surface area contributed by atoms with E-state index in [-0.39, 0.29) is 17.3 Å². The molecule has 122 valence electrons. The van der Waals surface area contributed by atoms with Crippen LogP contribution in [0.4, 0.5) is 0 Å². The Balaban J connectivity index is 1.64. The van der Waals surface area contributed by atoms with Gasteiger partial charge in [0.1, 0.15) is 0 Å². The first-order valence-electron chi connectivity index (χ1n) is 8.78. The summed E-state index contributed by atoms with van der Waals surface area (Å²) in [6.45, 7) is 2.26. The van der Waals surface area contributed by atoms with Crippen LogP contribution in [0.3, 0.4) is 0 Å². The van der Waals surface area contributed by atoms with Gasteiger partial charge in [0.15, 0.2) is 17.6 Å². The maximum absolute atomic E-state index is 10.4. The van der Waals surface area contributed by atoms with Gasteiger partial charge in [-0.05, 0) is 43.4 Å². The van der Waals surface area contributed by atoms with E-state index >= 15 is 0 Å². The first-order chi connectivity index (χ1) is 11.2. The Morgan fingerprint density at radius 3 is 2.91 bits per heavy atom. The summed E-state index contributed by atoms with van der Waals surface area (Å²) >= 11 is 0. The van der Waals surface area contributed by atoms with Gasteiger partial charge in [0.05, 0.1) is 13.2 Å². The molecular formula is C18H21NO4. The monoisotopic (exact) mass is 315 g/mol. The molecule has 6 rings (SSSR count). The quantitative estimate of drug-likeness (QED) is 0.759. The fourth-order valence-corrected chi connectivity index (χ4v) is 6.20. The van der Waals surface area contributed by atoms with Crippen molar-refractivity contribution in [2.24, 2.45) is 5.92 Å². The van der Waals surface area contributed by atoms with Crippen LogP contribution in [0.5, 0.6) is 11.5 Å². The number of rotatable bonds is 0. The Labute approximate surface area is 134 Å². The second-order valence-electron chi connectivity index (χ2n) is 7.65. The van der Waals surface area contributed by atoms with Gasteiger partial charge in [0.2, 0.25) is 5.79 Å². The minimum Gasteiger partial charge on any atom is -0.504 e. The van der Waals surface area contributed by atoms with E-state index in [0.717, 1.165) is 32.2 Å². The van der Waals surface area contributed by atoms with Crippen LogP contribution in [-0.4, -0.2) is 42.8 Å². The average molecular weight is 315 g/mol. The van der Waals surface area contributed by atoms with Gasteiger partial charge in [-0.3, -0.25) is 0 Å². The van der Waals surface area contributed by atoms with E-state index in [9.17, 15) is 5.11 Å². The third-order valence-electron chi connectivity index (χ3n) is 6.90. The summed E-state index contributed by atoms with van der Waals surface area (Å²) < 4.78 is 18.7. The van der Waals surface area contributed by atoms with E-state index in [2.05, 4.69) is 11.4 Å². The summed E-state index contributed by atoms with van der Waals surface area (Å²) in [5.41, 5.74) is 2.51. The van der Waals surface area contributed by atoms with Crippen LogP contribution in [0.25, 0.3) is 0 Å². The Bertz CT molecular complexity index is 699. The number of aromatic hydroxyl groups is 1. The Hall–Kier alpha value is -1.30. The third kappa shape index (κ3) is 1.33. The largest absolute Gasteiger partial charge is 0.504 e. The standard InChI is InChI=1S/C18H21NO4/c20-13-2-1-10-9-12-11-3-4-18(21-7-8-22-18)16-17(11,5-6-19-12)14(10)15(13)23-16/h1-2,11-12,16,19-20H,3-9H2/t11-,12-,16+,17-/m0/s1. The van der Waals surface area contributed by atoms with Crippen LogP contribution in [0.2, 0.25) is 0 Å². The maximum Gasteiger partial charge on any atom is 0.206 e. The van der Waals surface area contributed by atoms with Gasteiger partial charge in [-0.1, -0.05) is 6.07 Å². The first-order valence-corrected chi connectivity index (χ1v) is 8.78. The Kier molecular flexibility index (Phi) is 2.28. The van der Waals surface area contributed by atoms with Crippen molar-refractivity contribution in [3.05, 3.63) is 23.3 Å². The highest BCUT2D eigenvalue weighted by molar-refractivity contribution is 5.61. The maximum atomic E-state index is 10.4. The average Bonchev–Trinajstić information content (AvgIpc) is 3.14. The van der Waals surface area contributed by atoms with Gasteiger partial charge in [-0.2, -0.15) is 0 Å². The molecule has 4 atom stereocenters. The summed E-state index contributed by atoms with van der Waals surface area (Å²) in [6, 6.07) is 4.35. The van der Waals surface area contributed by atoms with Gasteiger partial charge in [0.25, 0.3) is 0 Å². The second kappa shape index (κ2) is 4.02. The van der Waals surface area contributed by atoms with E-state index in [1.807, 2.05) is 0 Å². The van der Waals surface area contributed by atoms with Gasteiger partial charge in [-0.15, -0.1) is 0 Å². The number of hydrogen-bond acceptors (Lipinski definition) is 5. The fourth-order valence-electron chi connectivity index (χ4n) is 6.20. The fraction of sp³-hybridized carbons (Fsp3) is 0.667. The molecule has 23 heavy (non-hydrogen) atoms. The van der Waals surface area contributed by atoms with Crippen molar-refractivity contribution in [3.63, 3.8) is 0 Å². The molecule has 0 radical (unpaired) electrons. The summed E-state index contributed by atoms with van der Waals surface area (Å²) in [5.74, 6) is 0.864. The van der Waals surface area contributed by atoms with E-state index in [1.54, 1.807) is 6.07 Å². The van der Waals surface area contributed by atoms with E-state index in [0.29, 0.717) is 30.9 Å². The zero-order valence-corrected chi connectivity index (χ0v) is 13.0. The second-order valence-corrected chi connectivity index (χ2v) is 7.65. The lowest BCUT2D eigenvalue weighted by Gasteiger charge is -2.58. The van der Waals surface area contributed by atoms with Crippen LogP contribution in [0.15, 0.2) is 12.1 Å². The molecule has 0 unspecified atom stereocenters. The lowest BCUT2D eigenvalue weighted by atomic mass is 9.51. The van der Waals surface area contributed by atoms with Crippen LogP contribution < -0.4 is 10.1 Å². The molecule has 2 bridgehead atoms. The van der Waals surface area contributed by atoms with Crippen molar-refractivity contribution in [1.82, 2.24) is 5.32 Å². The number of ether oxygens (including phenoxy) is 3. The number of fused-ring (bicyclic) bond motifs is 1. The van der Waals surface area contributed by atoms with E-state index in [1.165, 1.54) is 11.1 Å². The molecule has 3 heterocycles.